The zero-order valence-electron chi connectivity index (χ0n) is 20.5. The first kappa shape index (κ1) is 25.0. The van der Waals surface area contributed by atoms with Gasteiger partial charge in [0.1, 0.15) is 5.60 Å². The van der Waals surface area contributed by atoms with Crippen LogP contribution in [0.2, 0.25) is 0 Å². The molecule has 3 atom stereocenters. The van der Waals surface area contributed by atoms with Gasteiger partial charge < -0.3 is 19.1 Å². The predicted octanol–water partition coefficient (Wildman–Crippen LogP) is 3.23. The number of hydrogen-bond donors (Lipinski definition) is 0. The van der Waals surface area contributed by atoms with Crippen molar-refractivity contribution in [3.8, 4) is 0 Å². The van der Waals surface area contributed by atoms with Gasteiger partial charge in [-0.05, 0) is 40.2 Å². The topological polar surface area (TPSA) is 54.5 Å². The molecule has 0 spiro atoms. The first-order chi connectivity index (χ1) is 15.3. The molecule has 7 nitrogen and oxygen atoms in total. The third-order valence-corrected chi connectivity index (χ3v) is 6.12. The second-order valence-corrected chi connectivity index (χ2v) is 9.93. The van der Waals surface area contributed by atoms with Crippen molar-refractivity contribution in [3.63, 3.8) is 0 Å². The van der Waals surface area contributed by atoms with Crippen molar-refractivity contribution in [2.24, 2.45) is 0 Å². The van der Waals surface area contributed by atoms with E-state index in [1.54, 1.807) is 0 Å². The van der Waals surface area contributed by atoms with Crippen LogP contribution in [0.4, 0.5) is 4.79 Å². The Hall–Kier alpha value is -1.67. The standard InChI is InChI=1S/C25H41N3O4/c1-6-30-18-23-19-31-13-12-26(23)16-22-17-28(24(29)32-25(3,4)5)20(2)14-27(22)15-21-10-8-7-9-11-21/h7-11,20,22-23H,6,12-19H2,1-5H3/t20-,22+,23-/m1/s1. The lowest BCUT2D eigenvalue weighted by atomic mass is 10.0. The third kappa shape index (κ3) is 7.17. The van der Waals surface area contributed by atoms with Gasteiger partial charge in [0.25, 0.3) is 0 Å². The minimum absolute atomic E-state index is 0.0914. The average molecular weight is 448 g/mol. The van der Waals surface area contributed by atoms with E-state index in [9.17, 15) is 4.79 Å². The van der Waals surface area contributed by atoms with Gasteiger partial charge in [0.2, 0.25) is 0 Å². The number of carbonyl (C=O) groups excluding carboxylic acids is 1. The fraction of sp³-hybridized carbons (Fsp3) is 0.720. The second-order valence-electron chi connectivity index (χ2n) is 9.93. The zero-order valence-corrected chi connectivity index (χ0v) is 20.5. The van der Waals surface area contributed by atoms with Crippen molar-refractivity contribution >= 4 is 6.09 Å². The molecule has 2 fully saturated rings. The maximum atomic E-state index is 13.0. The summed E-state index contributed by atoms with van der Waals surface area (Å²) in [5.74, 6) is 0. The van der Waals surface area contributed by atoms with Gasteiger partial charge in [0.05, 0.1) is 25.9 Å². The highest BCUT2D eigenvalue weighted by molar-refractivity contribution is 5.68. The molecule has 1 amide bonds. The normalized spacial score (nSPS) is 25.7. The van der Waals surface area contributed by atoms with Gasteiger partial charge >= 0.3 is 6.09 Å². The molecule has 0 unspecified atom stereocenters. The van der Waals surface area contributed by atoms with E-state index in [-0.39, 0.29) is 24.2 Å². The molecule has 0 saturated carbocycles. The van der Waals surface area contributed by atoms with E-state index in [4.69, 9.17) is 14.2 Å². The van der Waals surface area contributed by atoms with Crippen LogP contribution in [0.15, 0.2) is 30.3 Å². The minimum Gasteiger partial charge on any atom is -0.444 e. The second kappa shape index (κ2) is 11.5. The number of amides is 1. The molecule has 180 valence electrons. The maximum Gasteiger partial charge on any atom is 0.410 e. The highest BCUT2D eigenvalue weighted by Crippen LogP contribution is 2.23. The molecule has 1 aromatic carbocycles. The Morgan fingerprint density at radius 2 is 1.88 bits per heavy atom. The van der Waals surface area contributed by atoms with Crippen LogP contribution in [0.1, 0.15) is 40.2 Å². The molecular weight excluding hydrogens is 406 g/mol. The monoisotopic (exact) mass is 447 g/mol. The smallest absolute Gasteiger partial charge is 0.410 e. The average Bonchev–Trinajstić information content (AvgIpc) is 2.74. The van der Waals surface area contributed by atoms with E-state index < -0.39 is 5.60 Å². The predicted molar refractivity (Wildman–Crippen MR) is 126 cm³/mol. The number of morpholine rings is 1. The molecule has 0 N–H and O–H groups in total. The summed E-state index contributed by atoms with van der Waals surface area (Å²) in [6, 6.07) is 11.1. The van der Waals surface area contributed by atoms with Crippen LogP contribution in [0.5, 0.6) is 0 Å². The van der Waals surface area contributed by atoms with E-state index in [0.717, 1.165) is 32.8 Å². The van der Waals surface area contributed by atoms with Crippen molar-refractivity contribution in [1.82, 2.24) is 14.7 Å². The summed E-state index contributed by atoms with van der Waals surface area (Å²) in [5, 5.41) is 0. The van der Waals surface area contributed by atoms with Gasteiger partial charge in [0, 0.05) is 51.4 Å². The molecule has 1 aromatic rings. The van der Waals surface area contributed by atoms with Crippen LogP contribution < -0.4 is 0 Å². The Kier molecular flexibility index (Phi) is 8.94. The van der Waals surface area contributed by atoms with Crippen molar-refractivity contribution in [3.05, 3.63) is 35.9 Å². The Labute approximate surface area is 193 Å². The van der Waals surface area contributed by atoms with Crippen molar-refractivity contribution in [2.45, 2.75) is 64.9 Å². The SMILES string of the molecule is CCOC[C@@H]1COCCN1C[C@H]1CN(C(=O)OC(C)(C)C)[C@H](C)CN1Cc1ccccc1. The zero-order chi connectivity index (χ0) is 23.1. The van der Waals surface area contributed by atoms with E-state index in [2.05, 4.69) is 47.1 Å². The lowest BCUT2D eigenvalue weighted by Gasteiger charge is -2.48. The summed E-state index contributed by atoms with van der Waals surface area (Å²) in [6.45, 7) is 16.8. The number of piperazine rings is 1. The van der Waals surface area contributed by atoms with Crippen LogP contribution in [0.25, 0.3) is 0 Å². The lowest BCUT2D eigenvalue weighted by Crippen LogP contribution is -2.63. The van der Waals surface area contributed by atoms with E-state index in [1.807, 2.05) is 32.6 Å². The highest BCUT2D eigenvalue weighted by Gasteiger charge is 2.38. The molecule has 0 aromatic heterocycles. The molecule has 2 aliphatic heterocycles. The number of hydrogen-bond acceptors (Lipinski definition) is 6. The van der Waals surface area contributed by atoms with Gasteiger partial charge in [-0.25, -0.2) is 4.79 Å². The van der Waals surface area contributed by atoms with Crippen molar-refractivity contribution < 1.29 is 19.0 Å². The molecule has 0 radical (unpaired) electrons. The fourth-order valence-electron chi connectivity index (χ4n) is 4.48. The van der Waals surface area contributed by atoms with Crippen LogP contribution in [-0.4, -0.2) is 97.1 Å². The summed E-state index contributed by atoms with van der Waals surface area (Å²) in [4.78, 5) is 19.9. The Bertz CT molecular complexity index is 709. The van der Waals surface area contributed by atoms with Crippen LogP contribution in [0, 0.1) is 0 Å². The van der Waals surface area contributed by atoms with Crippen LogP contribution >= 0.6 is 0 Å². The lowest BCUT2D eigenvalue weighted by molar-refractivity contribution is -0.0638. The first-order valence-corrected chi connectivity index (χ1v) is 11.9. The summed E-state index contributed by atoms with van der Waals surface area (Å²) in [7, 11) is 0. The largest absolute Gasteiger partial charge is 0.444 e. The Morgan fingerprint density at radius 3 is 2.56 bits per heavy atom. The molecule has 7 heteroatoms. The molecule has 0 bridgehead atoms. The minimum atomic E-state index is -0.500. The van der Waals surface area contributed by atoms with Gasteiger partial charge in [-0.15, -0.1) is 0 Å². The molecule has 3 rings (SSSR count). The molecule has 32 heavy (non-hydrogen) atoms. The van der Waals surface area contributed by atoms with E-state index in [1.165, 1.54) is 5.56 Å². The number of nitrogens with zero attached hydrogens (tertiary/aromatic N) is 3. The summed E-state index contributed by atoms with van der Waals surface area (Å²) in [6.07, 6.45) is -0.220. The molecule has 2 heterocycles. The van der Waals surface area contributed by atoms with Gasteiger partial charge in [-0.3, -0.25) is 9.80 Å². The molecule has 2 aliphatic rings. The van der Waals surface area contributed by atoms with Crippen LogP contribution in [-0.2, 0) is 20.8 Å². The maximum absolute atomic E-state index is 13.0. The number of rotatable bonds is 7. The summed E-state index contributed by atoms with van der Waals surface area (Å²) < 4.78 is 17.2. The molecular formula is C25H41N3O4. The van der Waals surface area contributed by atoms with Gasteiger partial charge in [0.15, 0.2) is 0 Å². The Morgan fingerprint density at radius 1 is 1.12 bits per heavy atom. The number of ether oxygens (including phenoxy) is 3. The highest BCUT2D eigenvalue weighted by atomic mass is 16.6. The third-order valence-electron chi connectivity index (χ3n) is 6.12. The quantitative estimate of drug-likeness (QED) is 0.640. The van der Waals surface area contributed by atoms with E-state index in [0.29, 0.717) is 26.4 Å². The number of benzene rings is 1. The van der Waals surface area contributed by atoms with Crippen LogP contribution in [0.3, 0.4) is 0 Å². The summed E-state index contributed by atoms with van der Waals surface area (Å²) >= 11 is 0. The fourth-order valence-corrected chi connectivity index (χ4v) is 4.48. The summed E-state index contributed by atoms with van der Waals surface area (Å²) in [5.41, 5.74) is 0.795. The van der Waals surface area contributed by atoms with E-state index >= 15 is 0 Å². The first-order valence-electron chi connectivity index (χ1n) is 11.9. The van der Waals surface area contributed by atoms with Crippen molar-refractivity contribution in [2.75, 3.05) is 52.6 Å². The Balaban J connectivity index is 1.76. The van der Waals surface area contributed by atoms with Gasteiger partial charge in [-0.1, -0.05) is 30.3 Å². The molecule has 2 saturated heterocycles. The van der Waals surface area contributed by atoms with Gasteiger partial charge in [-0.2, -0.15) is 0 Å². The number of carbonyl (C=O) groups is 1. The molecule has 0 aliphatic carbocycles. The van der Waals surface area contributed by atoms with Crippen molar-refractivity contribution in [1.29, 1.82) is 0 Å².